The molecule has 3 N–H and O–H groups in total. The standard InChI is InChI=1S/C9H10N4S/c1-14-9-11-7-5-3-2-4-6(7)8(12-9)13-10/h2-5H,10H2,1H3,(H,11,12,13). The zero-order valence-corrected chi connectivity index (χ0v) is 8.51. The molecule has 0 spiro atoms. The summed E-state index contributed by atoms with van der Waals surface area (Å²) in [6.45, 7) is 0. The predicted molar refractivity (Wildman–Crippen MR) is 59.1 cm³/mol. The summed E-state index contributed by atoms with van der Waals surface area (Å²) in [7, 11) is 0. The van der Waals surface area contributed by atoms with Crippen molar-refractivity contribution in [2.45, 2.75) is 5.16 Å². The minimum Gasteiger partial charge on any atom is -0.308 e. The van der Waals surface area contributed by atoms with Crippen LogP contribution in [0.1, 0.15) is 0 Å². The molecular weight excluding hydrogens is 196 g/mol. The summed E-state index contributed by atoms with van der Waals surface area (Å²) < 4.78 is 0. The molecule has 1 heterocycles. The lowest BCUT2D eigenvalue weighted by Crippen LogP contribution is -2.10. The van der Waals surface area contributed by atoms with Gasteiger partial charge in [0.25, 0.3) is 0 Å². The highest BCUT2D eigenvalue weighted by atomic mass is 32.2. The average molecular weight is 206 g/mol. The van der Waals surface area contributed by atoms with Crippen molar-refractivity contribution in [1.82, 2.24) is 9.97 Å². The summed E-state index contributed by atoms with van der Waals surface area (Å²) in [5, 5.41) is 1.66. The molecule has 4 nitrogen and oxygen atoms in total. The largest absolute Gasteiger partial charge is 0.308 e. The lowest BCUT2D eigenvalue weighted by Gasteiger charge is -2.05. The first-order valence-electron chi connectivity index (χ1n) is 4.12. The van der Waals surface area contributed by atoms with Gasteiger partial charge >= 0.3 is 0 Å². The zero-order valence-electron chi connectivity index (χ0n) is 7.69. The van der Waals surface area contributed by atoms with E-state index in [-0.39, 0.29) is 0 Å². The third kappa shape index (κ3) is 1.51. The summed E-state index contributed by atoms with van der Waals surface area (Å²) in [5.41, 5.74) is 3.48. The first-order chi connectivity index (χ1) is 6.85. The van der Waals surface area contributed by atoms with Crippen LogP contribution in [0.5, 0.6) is 0 Å². The SMILES string of the molecule is CSc1nc(NN)c2ccccc2n1. The van der Waals surface area contributed by atoms with Gasteiger partial charge in [-0.1, -0.05) is 23.9 Å². The predicted octanol–water partition coefficient (Wildman–Crippen LogP) is 1.64. The van der Waals surface area contributed by atoms with Gasteiger partial charge in [0.2, 0.25) is 0 Å². The number of para-hydroxylation sites is 1. The first-order valence-corrected chi connectivity index (χ1v) is 5.35. The van der Waals surface area contributed by atoms with E-state index in [2.05, 4.69) is 15.4 Å². The van der Waals surface area contributed by atoms with E-state index in [0.29, 0.717) is 5.82 Å². The highest BCUT2D eigenvalue weighted by Crippen LogP contribution is 2.22. The van der Waals surface area contributed by atoms with E-state index < -0.39 is 0 Å². The molecular formula is C9H10N4S. The number of fused-ring (bicyclic) bond motifs is 1. The first kappa shape index (κ1) is 9.23. The number of nitrogen functional groups attached to an aromatic ring is 1. The molecule has 2 rings (SSSR count). The highest BCUT2D eigenvalue weighted by Gasteiger charge is 2.04. The molecule has 0 saturated heterocycles. The van der Waals surface area contributed by atoms with Crippen LogP contribution in [0.3, 0.4) is 0 Å². The molecule has 0 aliphatic heterocycles. The van der Waals surface area contributed by atoms with Crippen LogP contribution < -0.4 is 11.3 Å². The Kier molecular flexibility index (Phi) is 2.51. The Labute approximate surface area is 85.9 Å². The number of benzene rings is 1. The molecule has 14 heavy (non-hydrogen) atoms. The van der Waals surface area contributed by atoms with Crippen molar-refractivity contribution in [2.75, 3.05) is 11.7 Å². The molecule has 2 aromatic rings. The van der Waals surface area contributed by atoms with Gasteiger partial charge in [-0.05, 0) is 18.4 Å². The third-order valence-electron chi connectivity index (χ3n) is 1.90. The van der Waals surface area contributed by atoms with E-state index in [1.54, 1.807) is 0 Å². The Hall–Kier alpha value is -1.33. The summed E-state index contributed by atoms with van der Waals surface area (Å²) in [4.78, 5) is 8.61. The van der Waals surface area contributed by atoms with E-state index in [1.807, 2.05) is 30.5 Å². The van der Waals surface area contributed by atoms with Gasteiger partial charge in [-0.25, -0.2) is 15.8 Å². The Morgan fingerprint density at radius 3 is 2.79 bits per heavy atom. The van der Waals surface area contributed by atoms with Gasteiger partial charge in [-0.3, -0.25) is 0 Å². The van der Waals surface area contributed by atoms with Crippen LogP contribution in [0.15, 0.2) is 29.4 Å². The van der Waals surface area contributed by atoms with Crippen molar-refractivity contribution in [2.24, 2.45) is 5.84 Å². The normalized spacial score (nSPS) is 10.4. The lowest BCUT2D eigenvalue weighted by atomic mass is 10.2. The number of hydrogen-bond acceptors (Lipinski definition) is 5. The summed E-state index contributed by atoms with van der Waals surface area (Å²) in [5.74, 6) is 6.06. The second-order valence-electron chi connectivity index (χ2n) is 2.72. The second kappa shape index (κ2) is 3.81. The van der Waals surface area contributed by atoms with Gasteiger partial charge in [0.15, 0.2) is 11.0 Å². The minimum absolute atomic E-state index is 0.667. The molecule has 0 unspecified atom stereocenters. The minimum atomic E-state index is 0.667. The number of rotatable bonds is 2. The topological polar surface area (TPSA) is 63.8 Å². The average Bonchev–Trinajstić information content (AvgIpc) is 2.27. The Bertz CT molecular complexity index is 458. The van der Waals surface area contributed by atoms with Gasteiger partial charge in [0, 0.05) is 5.39 Å². The molecule has 0 aliphatic carbocycles. The molecule has 1 aromatic carbocycles. The maximum Gasteiger partial charge on any atom is 0.189 e. The van der Waals surface area contributed by atoms with Crippen molar-refractivity contribution in [3.05, 3.63) is 24.3 Å². The quantitative estimate of drug-likeness (QED) is 0.338. The van der Waals surface area contributed by atoms with Gasteiger partial charge in [-0.2, -0.15) is 0 Å². The van der Waals surface area contributed by atoms with Crippen molar-refractivity contribution in [1.29, 1.82) is 0 Å². The third-order valence-corrected chi connectivity index (χ3v) is 2.45. The van der Waals surface area contributed by atoms with Crippen LogP contribution in [0, 0.1) is 0 Å². The van der Waals surface area contributed by atoms with E-state index in [0.717, 1.165) is 16.1 Å². The van der Waals surface area contributed by atoms with E-state index in [4.69, 9.17) is 5.84 Å². The van der Waals surface area contributed by atoms with Crippen molar-refractivity contribution < 1.29 is 0 Å². The fraction of sp³-hybridized carbons (Fsp3) is 0.111. The number of anilines is 1. The van der Waals surface area contributed by atoms with Crippen molar-refractivity contribution in [3.63, 3.8) is 0 Å². The number of nitrogens with zero attached hydrogens (tertiary/aromatic N) is 2. The highest BCUT2D eigenvalue weighted by molar-refractivity contribution is 7.98. The number of hydrogen-bond donors (Lipinski definition) is 2. The maximum absolute atomic E-state index is 5.39. The molecule has 0 aliphatic rings. The Morgan fingerprint density at radius 2 is 2.07 bits per heavy atom. The summed E-state index contributed by atoms with van der Waals surface area (Å²) >= 11 is 1.50. The fourth-order valence-electron chi connectivity index (χ4n) is 1.26. The maximum atomic E-state index is 5.39. The Morgan fingerprint density at radius 1 is 1.29 bits per heavy atom. The Balaban J connectivity index is 2.73. The number of nitrogens with two attached hydrogens (primary N) is 1. The number of aromatic nitrogens is 2. The molecule has 5 heteroatoms. The fourth-order valence-corrected chi connectivity index (χ4v) is 1.63. The van der Waals surface area contributed by atoms with Crippen LogP contribution in [0.2, 0.25) is 0 Å². The lowest BCUT2D eigenvalue weighted by molar-refractivity contribution is 1.00. The van der Waals surface area contributed by atoms with Gasteiger partial charge in [0.1, 0.15) is 0 Å². The number of hydrazine groups is 1. The van der Waals surface area contributed by atoms with Crippen LogP contribution in [0.25, 0.3) is 10.9 Å². The van der Waals surface area contributed by atoms with Gasteiger partial charge in [-0.15, -0.1) is 0 Å². The number of thioether (sulfide) groups is 1. The van der Waals surface area contributed by atoms with Crippen LogP contribution in [0.4, 0.5) is 5.82 Å². The van der Waals surface area contributed by atoms with Gasteiger partial charge in [0.05, 0.1) is 5.52 Å². The second-order valence-corrected chi connectivity index (χ2v) is 3.49. The van der Waals surface area contributed by atoms with Gasteiger partial charge < -0.3 is 5.43 Å². The molecule has 0 radical (unpaired) electrons. The van der Waals surface area contributed by atoms with E-state index >= 15 is 0 Å². The van der Waals surface area contributed by atoms with E-state index in [9.17, 15) is 0 Å². The molecule has 0 saturated carbocycles. The van der Waals surface area contributed by atoms with Crippen molar-refractivity contribution >= 4 is 28.5 Å². The number of nitrogens with one attached hydrogen (secondary N) is 1. The zero-order chi connectivity index (χ0) is 9.97. The smallest absolute Gasteiger partial charge is 0.189 e. The molecule has 1 aromatic heterocycles. The molecule has 0 bridgehead atoms. The molecule has 72 valence electrons. The molecule has 0 fully saturated rings. The van der Waals surface area contributed by atoms with E-state index in [1.165, 1.54) is 11.8 Å². The summed E-state index contributed by atoms with van der Waals surface area (Å²) in [6.07, 6.45) is 1.93. The summed E-state index contributed by atoms with van der Waals surface area (Å²) in [6, 6.07) is 7.76. The van der Waals surface area contributed by atoms with Crippen LogP contribution in [-0.4, -0.2) is 16.2 Å². The molecule has 0 atom stereocenters. The van der Waals surface area contributed by atoms with Crippen LogP contribution >= 0.6 is 11.8 Å². The monoisotopic (exact) mass is 206 g/mol. The van der Waals surface area contributed by atoms with Crippen molar-refractivity contribution in [3.8, 4) is 0 Å². The van der Waals surface area contributed by atoms with Crippen LogP contribution in [-0.2, 0) is 0 Å². The molecule has 0 amide bonds.